The maximum Gasteiger partial charge on any atom is 0.573 e. The topological polar surface area (TPSA) is 36.9 Å². The minimum Gasteiger partial charge on any atom is -0.432 e. The van der Waals surface area contributed by atoms with Gasteiger partial charge >= 0.3 is 12.5 Å². The fourth-order valence-corrected chi connectivity index (χ4v) is 6.42. The monoisotopic (exact) mass is 586 g/mol. The molecule has 2 aliphatic carbocycles. The lowest BCUT2D eigenvalue weighted by molar-refractivity contribution is -0.275. The highest BCUT2D eigenvalue weighted by Crippen LogP contribution is 2.44. The van der Waals surface area contributed by atoms with E-state index in [4.69, 9.17) is 14.2 Å². The van der Waals surface area contributed by atoms with E-state index in [1.807, 2.05) is 24.3 Å². The second-order valence-corrected chi connectivity index (χ2v) is 11.8. The molecule has 2 aromatic carbocycles. The molecule has 41 heavy (non-hydrogen) atoms. The molecule has 0 atom stereocenters. The fraction of sp³-hybridized carbons (Fsp3) is 0.613. The highest BCUT2D eigenvalue weighted by atomic mass is 19.4. The van der Waals surface area contributed by atoms with E-state index in [-0.39, 0.29) is 18.8 Å². The number of ether oxygens (including phenoxy) is 4. The number of halogens is 6. The van der Waals surface area contributed by atoms with E-state index in [0.29, 0.717) is 50.0 Å². The Morgan fingerprint density at radius 2 is 1.32 bits per heavy atom. The molecule has 0 N–H and O–H groups in total. The van der Waals surface area contributed by atoms with Crippen molar-refractivity contribution in [1.29, 1.82) is 0 Å². The molecule has 3 aliphatic rings. The number of rotatable bonds is 7. The maximum atomic E-state index is 14.9. The van der Waals surface area contributed by atoms with E-state index < -0.39 is 42.0 Å². The molecule has 1 heterocycles. The molecule has 0 radical (unpaired) electrons. The van der Waals surface area contributed by atoms with Crippen molar-refractivity contribution in [2.75, 3.05) is 13.2 Å². The van der Waals surface area contributed by atoms with Gasteiger partial charge in [-0.15, -0.1) is 13.2 Å². The summed E-state index contributed by atoms with van der Waals surface area (Å²) in [4.78, 5) is 0. The van der Waals surface area contributed by atoms with E-state index in [2.05, 4.69) is 11.7 Å². The smallest absolute Gasteiger partial charge is 0.432 e. The normalized spacial score (nSPS) is 29.6. The number of benzene rings is 2. The van der Waals surface area contributed by atoms with Gasteiger partial charge in [0.1, 0.15) is 5.75 Å². The first-order valence-electron chi connectivity index (χ1n) is 14.4. The lowest BCUT2D eigenvalue weighted by Crippen LogP contribution is -2.37. The minimum atomic E-state index is -5.10. The quantitative estimate of drug-likeness (QED) is 0.303. The van der Waals surface area contributed by atoms with Crippen LogP contribution in [0.3, 0.4) is 0 Å². The van der Waals surface area contributed by atoms with Crippen molar-refractivity contribution < 1.29 is 45.3 Å². The molecule has 3 fully saturated rings. The van der Waals surface area contributed by atoms with Crippen LogP contribution in [-0.4, -0.2) is 25.7 Å². The molecule has 10 heteroatoms. The summed E-state index contributed by atoms with van der Waals surface area (Å²) in [7, 11) is 0. The van der Waals surface area contributed by atoms with Crippen molar-refractivity contribution in [2.45, 2.75) is 83.0 Å². The molecule has 2 saturated carbocycles. The predicted octanol–water partition coefficient (Wildman–Crippen LogP) is 9.16. The molecule has 0 spiro atoms. The van der Waals surface area contributed by atoms with Crippen LogP contribution in [-0.2, 0) is 9.47 Å². The van der Waals surface area contributed by atoms with Crippen molar-refractivity contribution in [2.24, 2.45) is 23.7 Å². The second kappa shape index (κ2) is 12.4. The van der Waals surface area contributed by atoms with E-state index >= 15 is 0 Å². The van der Waals surface area contributed by atoms with Crippen molar-refractivity contribution in [1.82, 2.24) is 0 Å². The molecular weight excluding hydrogens is 550 g/mol. The van der Waals surface area contributed by atoms with Gasteiger partial charge in [-0.2, -0.15) is 8.78 Å². The first kappa shape index (κ1) is 30.0. The van der Waals surface area contributed by atoms with E-state index in [0.717, 1.165) is 23.1 Å². The Balaban J connectivity index is 1.10. The Labute approximate surface area is 236 Å². The highest BCUT2D eigenvalue weighted by molar-refractivity contribution is 5.33. The van der Waals surface area contributed by atoms with Crippen LogP contribution < -0.4 is 9.47 Å². The van der Waals surface area contributed by atoms with Crippen molar-refractivity contribution in [3.63, 3.8) is 0 Å². The van der Waals surface area contributed by atoms with Crippen molar-refractivity contribution in [3.8, 4) is 11.5 Å². The van der Waals surface area contributed by atoms with Gasteiger partial charge in [-0.05, 0) is 74.0 Å². The highest BCUT2D eigenvalue weighted by Gasteiger charge is 2.44. The fourth-order valence-electron chi connectivity index (χ4n) is 6.42. The van der Waals surface area contributed by atoms with Gasteiger partial charge in [0.2, 0.25) is 0 Å². The average Bonchev–Trinajstić information content (AvgIpc) is 2.94. The van der Waals surface area contributed by atoms with Gasteiger partial charge in [-0.25, -0.2) is 4.39 Å². The van der Waals surface area contributed by atoms with Crippen LogP contribution in [0.5, 0.6) is 11.5 Å². The molecule has 0 bridgehead atoms. The third-order valence-corrected chi connectivity index (χ3v) is 8.92. The maximum absolute atomic E-state index is 14.9. The van der Waals surface area contributed by atoms with Crippen LogP contribution in [0.25, 0.3) is 0 Å². The van der Waals surface area contributed by atoms with Crippen molar-refractivity contribution in [3.05, 3.63) is 59.4 Å². The molecule has 2 aromatic rings. The minimum absolute atomic E-state index is 0.110. The van der Waals surface area contributed by atoms with Gasteiger partial charge in [0, 0.05) is 17.5 Å². The van der Waals surface area contributed by atoms with Crippen LogP contribution in [0.2, 0.25) is 0 Å². The second-order valence-electron chi connectivity index (χ2n) is 11.8. The lowest BCUT2D eigenvalue weighted by Gasteiger charge is -2.37. The summed E-state index contributed by atoms with van der Waals surface area (Å²) in [5, 5.41) is 0. The van der Waals surface area contributed by atoms with Crippen LogP contribution >= 0.6 is 0 Å². The summed E-state index contributed by atoms with van der Waals surface area (Å²) in [5.41, 5.74) is 2.00. The van der Waals surface area contributed by atoms with Gasteiger partial charge < -0.3 is 18.9 Å². The number of alkyl halides is 5. The first-order valence-corrected chi connectivity index (χ1v) is 14.4. The molecule has 0 unspecified atom stereocenters. The van der Waals surface area contributed by atoms with Crippen molar-refractivity contribution >= 4 is 0 Å². The van der Waals surface area contributed by atoms with E-state index in [1.54, 1.807) is 0 Å². The Morgan fingerprint density at radius 1 is 0.707 bits per heavy atom. The molecule has 0 aromatic heterocycles. The van der Waals surface area contributed by atoms with Gasteiger partial charge in [0.15, 0.2) is 17.9 Å². The Morgan fingerprint density at radius 3 is 1.90 bits per heavy atom. The van der Waals surface area contributed by atoms with Crippen LogP contribution in [0.15, 0.2) is 42.5 Å². The van der Waals surface area contributed by atoms with E-state index in [9.17, 15) is 26.3 Å². The molecule has 226 valence electrons. The van der Waals surface area contributed by atoms with Gasteiger partial charge in [0.25, 0.3) is 0 Å². The van der Waals surface area contributed by atoms with Crippen LogP contribution in [0, 0.1) is 29.5 Å². The molecule has 1 aliphatic heterocycles. The summed E-state index contributed by atoms with van der Waals surface area (Å²) in [5.74, 6) is -2.18. The number of hydrogen-bond acceptors (Lipinski definition) is 4. The molecule has 0 amide bonds. The summed E-state index contributed by atoms with van der Waals surface area (Å²) in [6, 6.07) is 9.89. The largest absolute Gasteiger partial charge is 0.573 e. The summed E-state index contributed by atoms with van der Waals surface area (Å²) in [6.45, 7) is 3.71. The number of hydrogen-bond donors (Lipinski definition) is 0. The SMILES string of the molecule is CC1CCC(C2COC(c3ccc(C4CCC(C(F)(F)Oc5ccc(OC(F)(F)F)c(F)c5)CC4)cc3)OC2)CC1. The van der Waals surface area contributed by atoms with Gasteiger partial charge in [0.05, 0.1) is 19.1 Å². The Kier molecular flexibility index (Phi) is 9.09. The average molecular weight is 587 g/mol. The predicted molar refractivity (Wildman–Crippen MR) is 139 cm³/mol. The third kappa shape index (κ3) is 7.69. The first-order chi connectivity index (χ1) is 19.5. The zero-order valence-electron chi connectivity index (χ0n) is 23.0. The Hall–Kier alpha value is -2.46. The third-order valence-electron chi connectivity index (χ3n) is 8.92. The lowest BCUT2D eigenvalue weighted by atomic mass is 9.76. The van der Waals surface area contributed by atoms with Crippen LogP contribution in [0.1, 0.15) is 81.6 Å². The van der Waals surface area contributed by atoms with Gasteiger partial charge in [-0.1, -0.05) is 44.0 Å². The summed E-state index contributed by atoms with van der Waals surface area (Å²) < 4.78 is 101. The molecular formula is C31H36F6O4. The van der Waals surface area contributed by atoms with E-state index in [1.165, 1.54) is 25.7 Å². The molecule has 5 rings (SSSR count). The Bertz CT molecular complexity index is 1130. The molecule has 1 saturated heterocycles. The van der Waals surface area contributed by atoms with Gasteiger partial charge in [-0.3, -0.25) is 0 Å². The standard InChI is InChI=1S/C31H36F6O4/c1-19-2-4-22(5-3-19)24-17-38-29(39-18-24)23-8-6-20(7-9-23)21-10-12-25(13-11-21)30(33,34)40-26-14-15-28(27(32)16-26)41-31(35,36)37/h6-9,14-16,19,21-22,24-25,29H,2-5,10-13,17-18H2,1H3. The zero-order valence-corrected chi connectivity index (χ0v) is 23.0. The summed E-state index contributed by atoms with van der Waals surface area (Å²) in [6.07, 6.45) is -2.64. The molecule has 4 nitrogen and oxygen atoms in total. The summed E-state index contributed by atoms with van der Waals surface area (Å²) >= 11 is 0. The zero-order chi connectivity index (χ0) is 29.2. The van der Waals surface area contributed by atoms with Crippen LogP contribution in [0.4, 0.5) is 26.3 Å².